The van der Waals surface area contributed by atoms with Gasteiger partial charge in [-0.15, -0.1) is 0 Å². The van der Waals surface area contributed by atoms with Crippen LogP contribution in [0.3, 0.4) is 0 Å². The number of aliphatic hydroxyl groups is 1. The smallest absolute Gasteiger partial charge is 0.271 e. The van der Waals surface area contributed by atoms with Crippen molar-refractivity contribution < 1.29 is 10.0 Å². The summed E-state index contributed by atoms with van der Waals surface area (Å²) in [4.78, 5) is 10.3. The minimum Gasteiger partial charge on any atom is -0.390 e. The highest BCUT2D eigenvalue weighted by Crippen LogP contribution is 2.20. The Balaban J connectivity index is 2.33. The first-order chi connectivity index (χ1) is 8.61. The molecule has 96 valence electrons. The quantitative estimate of drug-likeness (QED) is 0.596. The van der Waals surface area contributed by atoms with E-state index in [1.54, 1.807) is 24.0 Å². The number of non-ortho nitro benzene ring substituents is 1. The number of likely N-dealkylation sites (N-methyl/N-ethyl adjacent to an activating group) is 1. The van der Waals surface area contributed by atoms with Gasteiger partial charge in [-0.25, -0.2) is 0 Å². The summed E-state index contributed by atoms with van der Waals surface area (Å²) in [5, 5.41) is 28.2. The molecule has 0 aliphatic heterocycles. The molecule has 2 rings (SSSR count). The number of rotatable bonds is 5. The molecule has 18 heavy (non-hydrogen) atoms. The van der Waals surface area contributed by atoms with Crippen molar-refractivity contribution in [1.82, 2.24) is 15.1 Å². The molecule has 1 atom stereocenters. The van der Waals surface area contributed by atoms with E-state index >= 15 is 0 Å². The summed E-state index contributed by atoms with van der Waals surface area (Å²) < 4.78 is 1.57. The zero-order valence-electron chi connectivity index (χ0n) is 9.91. The highest BCUT2D eigenvalue weighted by Gasteiger charge is 2.12. The SMILES string of the molecule is CNCC(O)Cn1ncc2ccc([N+](=O)[O-])cc21. The molecule has 1 heterocycles. The summed E-state index contributed by atoms with van der Waals surface area (Å²) in [7, 11) is 1.75. The van der Waals surface area contributed by atoms with Crippen LogP contribution in [0.25, 0.3) is 10.9 Å². The number of nitro benzene ring substituents is 1. The highest BCUT2D eigenvalue weighted by molar-refractivity contribution is 5.80. The number of fused-ring (bicyclic) bond motifs is 1. The average Bonchev–Trinajstić information content (AvgIpc) is 2.72. The first kappa shape index (κ1) is 12.5. The van der Waals surface area contributed by atoms with E-state index < -0.39 is 11.0 Å². The van der Waals surface area contributed by atoms with Gasteiger partial charge in [-0.3, -0.25) is 14.8 Å². The number of nitro groups is 1. The summed E-state index contributed by atoms with van der Waals surface area (Å²) in [6, 6.07) is 4.56. The maximum Gasteiger partial charge on any atom is 0.271 e. The van der Waals surface area contributed by atoms with E-state index in [-0.39, 0.29) is 5.69 Å². The number of nitrogens with zero attached hydrogens (tertiary/aromatic N) is 3. The monoisotopic (exact) mass is 250 g/mol. The lowest BCUT2D eigenvalue weighted by molar-refractivity contribution is -0.384. The fraction of sp³-hybridized carbons (Fsp3) is 0.364. The van der Waals surface area contributed by atoms with E-state index in [1.165, 1.54) is 12.1 Å². The summed E-state index contributed by atoms with van der Waals surface area (Å²) >= 11 is 0. The van der Waals surface area contributed by atoms with Crippen molar-refractivity contribution in [3.8, 4) is 0 Å². The molecular formula is C11H14N4O3. The van der Waals surface area contributed by atoms with E-state index in [4.69, 9.17) is 0 Å². The molecule has 0 amide bonds. The summed E-state index contributed by atoms with van der Waals surface area (Å²) in [5.41, 5.74) is 0.673. The Morgan fingerprint density at radius 1 is 1.61 bits per heavy atom. The van der Waals surface area contributed by atoms with Crippen molar-refractivity contribution in [2.45, 2.75) is 12.6 Å². The van der Waals surface area contributed by atoms with Crippen molar-refractivity contribution in [3.63, 3.8) is 0 Å². The largest absolute Gasteiger partial charge is 0.390 e. The van der Waals surface area contributed by atoms with Crippen LogP contribution in [0, 0.1) is 10.1 Å². The zero-order valence-corrected chi connectivity index (χ0v) is 9.91. The van der Waals surface area contributed by atoms with E-state index in [0.717, 1.165) is 5.39 Å². The van der Waals surface area contributed by atoms with Gasteiger partial charge in [-0.1, -0.05) is 0 Å². The molecule has 0 saturated carbocycles. The standard InChI is InChI=1S/C11H14N4O3/c1-12-6-10(16)7-14-11-4-9(15(17)18)3-2-8(11)5-13-14/h2-5,10,12,16H,6-7H2,1H3. The molecule has 0 aliphatic rings. The molecular weight excluding hydrogens is 236 g/mol. The van der Waals surface area contributed by atoms with E-state index in [1.807, 2.05) is 0 Å². The maximum absolute atomic E-state index is 10.7. The number of aliphatic hydroxyl groups excluding tert-OH is 1. The summed E-state index contributed by atoms with van der Waals surface area (Å²) in [6.07, 6.45) is 1.04. The van der Waals surface area contributed by atoms with Crippen LogP contribution >= 0.6 is 0 Å². The zero-order chi connectivity index (χ0) is 13.1. The van der Waals surface area contributed by atoms with Crippen LogP contribution in [0.5, 0.6) is 0 Å². The van der Waals surface area contributed by atoms with Crippen molar-refractivity contribution in [1.29, 1.82) is 0 Å². The van der Waals surface area contributed by atoms with E-state index in [9.17, 15) is 15.2 Å². The van der Waals surface area contributed by atoms with E-state index in [2.05, 4.69) is 10.4 Å². The third-order valence-corrected chi connectivity index (χ3v) is 2.66. The van der Waals surface area contributed by atoms with Crippen LogP contribution in [0.15, 0.2) is 24.4 Å². The molecule has 7 heteroatoms. The van der Waals surface area contributed by atoms with Gasteiger partial charge >= 0.3 is 0 Å². The minimum absolute atomic E-state index is 0.0207. The van der Waals surface area contributed by atoms with Gasteiger partial charge in [0.25, 0.3) is 5.69 Å². The Bertz CT molecular complexity index is 566. The van der Waals surface area contributed by atoms with Crippen LogP contribution in [0.2, 0.25) is 0 Å². The Kier molecular flexibility index (Phi) is 3.54. The number of hydrogen-bond acceptors (Lipinski definition) is 5. The lowest BCUT2D eigenvalue weighted by Crippen LogP contribution is -2.28. The number of hydrogen-bond donors (Lipinski definition) is 2. The number of aromatic nitrogens is 2. The van der Waals surface area contributed by atoms with Gasteiger partial charge in [-0.2, -0.15) is 5.10 Å². The second-order valence-corrected chi connectivity index (χ2v) is 4.04. The molecule has 0 fully saturated rings. The highest BCUT2D eigenvalue weighted by atomic mass is 16.6. The number of nitrogens with one attached hydrogen (secondary N) is 1. The van der Waals surface area contributed by atoms with Gasteiger partial charge in [0.15, 0.2) is 0 Å². The summed E-state index contributed by atoms with van der Waals surface area (Å²) in [5.74, 6) is 0. The first-order valence-corrected chi connectivity index (χ1v) is 5.54. The van der Waals surface area contributed by atoms with Crippen molar-refractivity contribution in [2.75, 3.05) is 13.6 Å². The molecule has 2 aromatic rings. The second-order valence-electron chi connectivity index (χ2n) is 4.04. The Morgan fingerprint density at radius 2 is 2.39 bits per heavy atom. The van der Waals surface area contributed by atoms with Gasteiger partial charge in [0, 0.05) is 24.1 Å². The molecule has 0 spiro atoms. The molecule has 0 saturated heterocycles. The van der Waals surface area contributed by atoms with Crippen LogP contribution in [-0.4, -0.2) is 39.5 Å². The fourth-order valence-electron chi connectivity index (χ4n) is 1.82. The topological polar surface area (TPSA) is 93.2 Å². The van der Waals surface area contributed by atoms with Crippen LogP contribution < -0.4 is 5.32 Å². The molecule has 1 unspecified atom stereocenters. The van der Waals surface area contributed by atoms with Crippen LogP contribution in [0.4, 0.5) is 5.69 Å². The maximum atomic E-state index is 10.7. The lowest BCUT2D eigenvalue weighted by atomic mass is 10.2. The minimum atomic E-state index is -0.586. The van der Waals surface area contributed by atoms with Crippen molar-refractivity contribution in [2.24, 2.45) is 0 Å². The van der Waals surface area contributed by atoms with Crippen LogP contribution in [0.1, 0.15) is 0 Å². The third-order valence-electron chi connectivity index (χ3n) is 2.66. The number of benzene rings is 1. The Labute approximate surface area is 103 Å². The lowest BCUT2D eigenvalue weighted by Gasteiger charge is -2.10. The van der Waals surface area contributed by atoms with Crippen molar-refractivity contribution in [3.05, 3.63) is 34.5 Å². The molecule has 1 aromatic carbocycles. The molecule has 2 N–H and O–H groups in total. The van der Waals surface area contributed by atoms with Gasteiger partial charge in [-0.05, 0) is 13.1 Å². The van der Waals surface area contributed by atoms with Gasteiger partial charge in [0.2, 0.25) is 0 Å². The summed E-state index contributed by atoms with van der Waals surface area (Å²) in [6.45, 7) is 0.738. The molecule has 0 radical (unpaired) electrons. The second kappa shape index (κ2) is 5.11. The van der Waals surface area contributed by atoms with Gasteiger partial charge in [0.05, 0.1) is 29.3 Å². The fourth-order valence-corrected chi connectivity index (χ4v) is 1.82. The molecule has 1 aromatic heterocycles. The molecule has 0 bridgehead atoms. The normalized spacial score (nSPS) is 12.8. The third kappa shape index (κ3) is 2.47. The molecule has 0 aliphatic carbocycles. The van der Waals surface area contributed by atoms with Crippen molar-refractivity contribution >= 4 is 16.6 Å². The van der Waals surface area contributed by atoms with Gasteiger partial charge < -0.3 is 10.4 Å². The predicted molar refractivity (Wildman–Crippen MR) is 66.3 cm³/mol. The Morgan fingerprint density at radius 3 is 3.06 bits per heavy atom. The molecule has 7 nitrogen and oxygen atoms in total. The Hall–Kier alpha value is -1.99. The van der Waals surface area contributed by atoms with E-state index in [0.29, 0.717) is 18.6 Å². The predicted octanol–water partition coefficient (Wildman–Crippen LogP) is 0.525. The van der Waals surface area contributed by atoms with Crippen LogP contribution in [-0.2, 0) is 6.54 Å². The van der Waals surface area contributed by atoms with Gasteiger partial charge in [0.1, 0.15) is 0 Å². The first-order valence-electron chi connectivity index (χ1n) is 5.54. The average molecular weight is 250 g/mol.